The Balaban J connectivity index is 2.19. The smallest absolute Gasteiger partial charge is 0.137 e. The van der Waals surface area contributed by atoms with E-state index in [0.29, 0.717) is 4.47 Å². The van der Waals surface area contributed by atoms with E-state index in [9.17, 15) is 4.39 Å². The van der Waals surface area contributed by atoms with Gasteiger partial charge in [-0.25, -0.2) is 4.39 Å². The van der Waals surface area contributed by atoms with Crippen LogP contribution in [0.2, 0.25) is 0 Å². The van der Waals surface area contributed by atoms with Gasteiger partial charge in [-0.15, -0.1) is 0 Å². The fourth-order valence-electron chi connectivity index (χ4n) is 2.11. The third-order valence-corrected chi connectivity index (χ3v) is 3.97. The van der Waals surface area contributed by atoms with Crippen LogP contribution in [0.4, 0.5) is 4.39 Å². The first-order valence-electron chi connectivity index (χ1n) is 5.59. The van der Waals surface area contributed by atoms with Gasteiger partial charge in [0.25, 0.3) is 0 Å². The second-order valence-corrected chi connectivity index (χ2v) is 4.90. The number of hydrogen-bond donors (Lipinski definition) is 1. The lowest BCUT2D eigenvalue weighted by atomic mass is 10.1. The van der Waals surface area contributed by atoms with Gasteiger partial charge < -0.3 is 5.32 Å². The summed E-state index contributed by atoms with van der Waals surface area (Å²) in [6.07, 6.45) is 0. The van der Waals surface area contributed by atoms with Gasteiger partial charge in [0.15, 0.2) is 0 Å². The van der Waals surface area contributed by atoms with Gasteiger partial charge >= 0.3 is 0 Å². The molecule has 2 rings (SSSR count). The number of hydrogen-bond acceptors (Lipinski definition) is 2. The number of rotatable bonds is 2. The Labute approximate surface area is 104 Å². The summed E-state index contributed by atoms with van der Waals surface area (Å²) in [6.45, 7) is 6.19. The normalized spacial score (nSPS) is 19.7. The van der Waals surface area contributed by atoms with Crippen LogP contribution in [-0.2, 0) is 0 Å². The Hall–Kier alpha value is -0.450. The van der Waals surface area contributed by atoms with Crippen LogP contribution in [0.1, 0.15) is 18.5 Å². The third-order valence-electron chi connectivity index (χ3n) is 3.13. The number of halogens is 2. The summed E-state index contributed by atoms with van der Waals surface area (Å²) in [4.78, 5) is 2.37. The van der Waals surface area contributed by atoms with Gasteiger partial charge in [0.05, 0.1) is 4.47 Å². The summed E-state index contributed by atoms with van der Waals surface area (Å²) in [6, 6.07) is 5.50. The first-order valence-corrected chi connectivity index (χ1v) is 6.38. The monoisotopic (exact) mass is 286 g/mol. The molecule has 0 saturated carbocycles. The number of nitrogens with zero attached hydrogens (tertiary/aromatic N) is 1. The second-order valence-electron chi connectivity index (χ2n) is 4.10. The number of nitrogens with one attached hydrogen (secondary N) is 1. The van der Waals surface area contributed by atoms with Crippen molar-refractivity contribution in [3.8, 4) is 0 Å². The molecule has 0 amide bonds. The molecule has 1 aromatic carbocycles. The molecule has 1 heterocycles. The van der Waals surface area contributed by atoms with Gasteiger partial charge in [0, 0.05) is 32.2 Å². The molecular formula is C12H16BrFN2. The SMILES string of the molecule is C[C@@H](c1cccc(F)c1Br)N1CCNCC1. The van der Waals surface area contributed by atoms with Crippen molar-refractivity contribution in [3.63, 3.8) is 0 Å². The van der Waals surface area contributed by atoms with E-state index in [-0.39, 0.29) is 11.9 Å². The van der Waals surface area contributed by atoms with Gasteiger partial charge in [-0.2, -0.15) is 0 Å². The van der Waals surface area contributed by atoms with Crippen molar-refractivity contribution in [2.24, 2.45) is 0 Å². The van der Waals surface area contributed by atoms with E-state index in [1.165, 1.54) is 6.07 Å². The maximum absolute atomic E-state index is 13.4. The van der Waals surface area contributed by atoms with Gasteiger partial charge in [0.2, 0.25) is 0 Å². The Kier molecular flexibility index (Phi) is 3.95. The van der Waals surface area contributed by atoms with Gasteiger partial charge in [-0.3, -0.25) is 4.90 Å². The quantitative estimate of drug-likeness (QED) is 0.899. The molecule has 4 heteroatoms. The molecule has 0 aliphatic carbocycles. The highest BCUT2D eigenvalue weighted by atomic mass is 79.9. The molecule has 1 fully saturated rings. The van der Waals surface area contributed by atoms with Crippen LogP contribution >= 0.6 is 15.9 Å². The number of benzene rings is 1. The van der Waals surface area contributed by atoms with Crippen LogP contribution in [-0.4, -0.2) is 31.1 Å². The zero-order chi connectivity index (χ0) is 11.5. The molecule has 1 saturated heterocycles. The van der Waals surface area contributed by atoms with Gasteiger partial charge in [-0.1, -0.05) is 12.1 Å². The van der Waals surface area contributed by atoms with Gasteiger partial charge in [0.1, 0.15) is 5.82 Å². The minimum absolute atomic E-state index is 0.181. The topological polar surface area (TPSA) is 15.3 Å². The summed E-state index contributed by atoms with van der Waals surface area (Å²) >= 11 is 3.33. The molecule has 0 aromatic heterocycles. The van der Waals surface area contributed by atoms with Crippen LogP contribution in [0.15, 0.2) is 22.7 Å². The molecule has 1 aliphatic heterocycles. The predicted octanol–water partition coefficient (Wildman–Crippen LogP) is 2.55. The Morgan fingerprint density at radius 1 is 1.38 bits per heavy atom. The summed E-state index contributed by atoms with van der Waals surface area (Å²) < 4.78 is 14.0. The van der Waals surface area contributed by atoms with E-state index in [2.05, 4.69) is 33.1 Å². The highest BCUT2D eigenvalue weighted by molar-refractivity contribution is 9.10. The second kappa shape index (κ2) is 5.25. The molecule has 1 N–H and O–H groups in total. The highest BCUT2D eigenvalue weighted by Crippen LogP contribution is 2.29. The minimum atomic E-state index is -0.181. The fraction of sp³-hybridized carbons (Fsp3) is 0.500. The lowest BCUT2D eigenvalue weighted by Gasteiger charge is -2.33. The molecule has 0 unspecified atom stereocenters. The molecule has 1 aliphatic rings. The highest BCUT2D eigenvalue weighted by Gasteiger charge is 2.20. The lowest BCUT2D eigenvalue weighted by Crippen LogP contribution is -2.44. The zero-order valence-corrected chi connectivity index (χ0v) is 10.9. The summed E-state index contributed by atoms with van der Waals surface area (Å²) in [5, 5.41) is 3.32. The fourth-order valence-corrected chi connectivity index (χ4v) is 2.70. The standard InChI is InChI=1S/C12H16BrFN2/c1-9(16-7-5-15-6-8-16)10-3-2-4-11(14)12(10)13/h2-4,9,15H,5-8H2,1H3/t9-/m0/s1. The molecule has 16 heavy (non-hydrogen) atoms. The average molecular weight is 287 g/mol. The van der Waals surface area contributed by atoms with Crippen molar-refractivity contribution in [1.29, 1.82) is 0 Å². The minimum Gasteiger partial charge on any atom is -0.314 e. The van der Waals surface area contributed by atoms with Gasteiger partial charge in [-0.05, 0) is 34.5 Å². The van der Waals surface area contributed by atoms with Crippen molar-refractivity contribution in [2.45, 2.75) is 13.0 Å². The van der Waals surface area contributed by atoms with Crippen LogP contribution in [0.5, 0.6) is 0 Å². The average Bonchev–Trinajstić information content (AvgIpc) is 2.33. The first-order chi connectivity index (χ1) is 7.70. The predicted molar refractivity (Wildman–Crippen MR) is 67.0 cm³/mol. The van der Waals surface area contributed by atoms with Crippen molar-refractivity contribution in [2.75, 3.05) is 26.2 Å². The van der Waals surface area contributed by atoms with Crippen molar-refractivity contribution in [3.05, 3.63) is 34.1 Å². The van der Waals surface area contributed by atoms with Crippen LogP contribution in [0, 0.1) is 5.82 Å². The van der Waals surface area contributed by atoms with Crippen molar-refractivity contribution < 1.29 is 4.39 Å². The van der Waals surface area contributed by atoms with E-state index in [1.807, 2.05) is 6.07 Å². The third kappa shape index (κ3) is 2.44. The van der Waals surface area contributed by atoms with Crippen molar-refractivity contribution in [1.82, 2.24) is 10.2 Å². The van der Waals surface area contributed by atoms with E-state index in [1.54, 1.807) is 6.07 Å². The van der Waals surface area contributed by atoms with Crippen LogP contribution in [0.25, 0.3) is 0 Å². The summed E-state index contributed by atoms with van der Waals surface area (Å²) in [5.41, 5.74) is 1.03. The van der Waals surface area contributed by atoms with Crippen LogP contribution in [0.3, 0.4) is 0 Å². The number of piperazine rings is 1. The molecule has 1 atom stereocenters. The summed E-state index contributed by atoms with van der Waals surface area (Å²) in [5.74, 6) is -0.181. The molecule has 0 spiro atoms. The molecule has 88 valence electrons. The van der Waals surface area contributed by atoms with Crippen molar-refractivity contribution >= 4 is 15.9 Å². The molecule has 2 nitrogen and oxygen atoms in total. The lowest BCUT2D eigenvalue weighted by molar-refractivity contribution is 0.185. The molecular weight excluding hydrogens is 271 g/mol. The molecule has 0 bridgehead atoms. The van der Waals surface area contributed by atoms with E-state index in [4.69, 9.17) is 0 Å². The summed E-state index contributed by atoms with van der Waals surface area (Å²) in [7, 11) is 0. The first kappa shape index (κ1) is 12.0. The Bertz CT molecular complexity index is 364. The maximum Gasteiger partial charge on any atom is 0.137 e. The Morgan fingerprint density at radius 3 is 2.75 bits per heavy atom. The van der Waals surface area contributed by atoms with E-state index in [0.717, 1.165) is 31.7 Å². The van der Waals surface area contributed by atoms with E-state index >= 15 is 0 Å². The Morgan fingerprint density at radius 2 is 2.06 bits per heavy atom. The largest absolute Gasteiger partial charge is 0.314 e. The maximum atomic E-state index is 13.4. The van der Waals surface area contributed by atoms with Crippen LogP contribution < -0.4 is 5.32 Å². The molecule has 1 aromatic rings. The van der Waals surface area contributed by atoms with E-state index < -0.39 is 0 Å². The molecule has 0 radical (unpaired) electrons. The zero-order valence-electron chi connectivity index (χ0n) is 9.34.